The van der Waals surface area contributed by atoms with Gasteiger partial charge in [-0.3, -0.25) is 33.6 Å². The lowest BCUT2D eigenvalue weighted by atomic mass is 9.77. The summed E-state index contributed by atoms with van der Waals surface area (Å²) in [6.07, 6.45) is -4.09. The molecule has 0 bridgehead atoms. The number of carbonyl (C=O) groups excluding carboxylic acids is 7. The van der Waals surface area contributed by atoms with Crippen molar-refractivity contribution in [2.75, 3.05) is 6.61 Å². The number of carboxylic acid groups (broad SMARTS) is 2. The van der Waals surface area contributed by atoms with Crippen molar-refractivity contribution in [2.24, 2.45) is 11.7 Å². The Morgan fingerprint density at radius 1 is 0.519 bits per heavy atom. The zero-order valence-corrected chi connectivity index (χ0v) is 44.7. The lowest BCUT2D eigenvalue weighted by Crippen LogP contribution is -2.60. The van der Waals surface area contributed by atoms with Crippen LogP contribution >= 0.6 is 0 Å². The van der Waals surface area contributed by atoms with E-state index in [0.717, 1.165) is 22.3 Å². The minimum Gasteiger partial charge on any atom is -0.481 e. The molecule has 0 spiro atoms. The van der Waals surface area contributed by atoms with Gasteiger partial charge in [0.15, 0.2) is 0 Å². The molecule has 0 radical (unpaired) electrons. The molecule has 7 amide bonds. The van der Waals surface area contributed by atoms with Crippen LogP contribution in [0.4, 0.5) is 4.79 Å². The Bertz CT molecular complexity index is 3060. The summed E-state index contributed by atoms with van der Waals surface area (Å²) < 4.78 is 5.71. The van der Waals surface area contributed by atoms with E-state index < -0.39 is 127 Å². The van der Waals surface area contributed by atoms with E-state index in [2.05, 4.69) is 31.9 Å². The average Bonchev–Trinajstić information content (AvgIpc) is 4.01. The highest BCUT2D eigenvalue weighted by Crippen LogP contribution is 2.44. The van der Waals surface area contributed by atoms with Crippen LogP contribution in [0.5, 0.6) is 0 Å². The average molecular weight is 1100 g/mol. The number of fused-ring (bicyclic) bond motifs is 3. The van der Waals surface area contributed by atoms with E-state index >= 15 is 0 Å². The monoisotopic (exact) mass is 1100 g/mol. The quantitative estimate of drug-likeness (QED) is 0.0291. The highest BCUT2D eigenvalue weighted by atomic mass is 16.5. The van der Waals surface area contributed by atoms with Gasteiger partial charge in [0, 0.05) is 25.2 Å². The summed E-state index contributed by atoms with van der Waals surface area (Å²) in [6.45, 7) is 3.18. The molecule has 420 valence electrons. The molecule has 0 fully saturated rings. The molecule has 0 heterocycles. The first kappa shape index (κ1) is 59.0. The summed E-state index contributed by atoms with van der Waals surface area (Å²) in [5.74, 6) is -9.57. The second-order valence-electron chi connectivity index (χ2n) is 20.0. The molecule has 0 saturated carbocycles. The van der Waals surface area contributed by atoms with Crippen LogP contribution in [-0.4, -0.2) is 101 Å². The Labute approximate surface area is 468 Å². The molecule has 0 unspecified atom stereocenters. The zero-order valence-electron chi connectivity index (χ0n) is 44.7. The molecule has 6 aromatic carbocycles. The molecule has 19 heteroatoms. The van der Waals surface area contributed by atoms with Crippen molar-refractivity contribution in [1.82, 2.24) is 31.9 Å². The van der Waals surface area contributed by atoms with E-state index in [-0.39, 0.29) is 18.9 Å². The van der Waals surface area contributed by atoms with Gasteiger partial charge in [-0.15, -0.1) is 0 Å². The number of alkyl carbamates (subject to hydrolysis) is 1. The first-order valence-electron chi connectivity index (χ1n) is 26.5. The normalized spacial score (nSPS) is 13.6. The first-order valence-corrected chi connectivity index (χ1v) is 26.5. The molecule has 0 saturated heterocycles. The van der Waals surface area contributed by atoms with Gasteiger partial charge in [-0.2, -0.15) is 0 Å². The van der Waals surface area contributed by atoms with Crippen LogP contribution in [0.3, 0.4) is 0 Å². The largest absolute Gasteiger partial charge is 0.481 e. The fourth-order valence-corrected chi connectivity index (χ4v) is 9.97. The fourth-order valence-electron chi connectivity index (χ4n) is 9.97. The third-order valence-electron chi connectivity index (χ3n) is 14.0. The number of primary amides is 1. The molecule has 5 atom stereocenters. The van der Waals surface area contributed by atoms with Crippen molar-refractivity contribution in [2.45, 2.75) is 94.0 Å². The summed E-state index contributed by atoms with van der Waals surface area (Å²) in [5.41, 5.74) is 10.8. The predicted octanol–water partition coefficient (Wildman–Crippen LogP) is 5.44. The number of carbonyl (C=O) groups is 9. The van der Waals surface area contributed by atoms with E-state index in [1.165, 1.54) is 0 Å². The smallest absolute Gasteiger partial charge is 0.407 e. The van der Waals surface area contributed by atoms with Crippen molar-refractivity contribution in [1.29, 1.82) is 0 Å². The van der Waals surface area contributed by atoms with Gasteiger partial charge in [0.25, 0.3) is 0 Å². The van der Waals surface area contributed by atoms with Gasteiger partial charge in [0.2, 0.25) is 35.4 Å². The number of rotatable bonds is 27. The van der Waals surface area contributed by atoms with Crippen LogP contribution in [-0.2, 0) is 55.1 Å². The Balaban J connectivity index is 1.14. The molecule has 0 aliphatic heterocycles. The standard InChI is InChI=1S/C62H65N7O12/c1-38(2)55(68-61(80)81-37-47-45-29-17-15-27-43(45)44-28-16-18-30-46(44)47)59(77)66-50(36-52(63)70)58(76)65-48(56(74)64-49(32-34-54(72)73)57(75)67-51(60(78)79)35-39-19-7-3-8-20-39)31-33-53(71)69-62(40-21-9-4-10-22-40,41-23-11-5-12-24-41)42-25-13-6-14-26-42/h3-30,38,47-51,55H,31-37H2,1-2H3,(H2,63,70)(H,64,74)(H,65,76)(H,66,77)(H,67,75)(H,68,80)(H,69,71)(H,72,73)(H,78,79)/t48-,49-,50-,51-,55-/m0/s1. The van der Waals surface area contributed by atoms with Crippen molar-refractivity contribution >= 4 is 53.5 Å². The van der Waals surface area contributed by atoms with Gasteiger partial charge < -0.3 is 52.6 Å². The molecule has 7 rings (SSSR count). The van der Waals surface area contributed by atoms with Gasteiger partial charge in [-0.25, -0.2) is 9.59 Å². The predicted molar refractivity (Wildman–Crippen MR) is 300 cm³/mol. The Hall–Kier alpha value is -9.65. The number of hydrogen-bond acceptors (Lipinski definition) is 10. The third-order valence-corrected chi connectivity index (χ3v) is 14.0. The van der Waals surface area contributed by atoms with Crippen LogP contribution in [0.15, 0.2) is 170 Å². The molecule has 81 heavy (non-hydrogen) atoms. The third kappa shape index (κ3) is 15.3. The van der Waals surface area contributed by atoms with Crippen LogP contribution in [0.1, 0.15) is 85.3 Å². The molecule has 6 aromatic rings. The van der Waals surface area contributed by atoms with Gasteiger partial charge in [-0.05, 0) is 63.3 Å². The molecular formula is C62H65N7O12. The van der Waals surface area contributed by atoms with Gasteiger partial charge in [0.05, 0.1) is 6.42 Å². The second kappa shape index (κ2) is 27.8. The maximum absolute atomic E-state index is 14.6. The van der Waals surface area contributed by atoms with Crippen LogP contribution in [0, 0.1) is 5.92 Å². The van der Waals surface area contributed by atoms with Crippen molar-refractivity contribution in [3.8, 4) is 11.1 Å². The molecule has 1 aliphatic rings. The van der Waals surface area contributed by atoms with Crippen molar-refractivity contribution < 1.29 is 58.1 Å². The minimum atomic E-state index is -1.79. The molecular weight excluding hydrogens is 1030 g/mol. The van der Waals surface area contributed by atoms with E-state index in [1.807, 2.05) is 140 Å². The molecule has 19 nitrogen and oxygen atoms in total. The number of ether oxygens (including phenoxy) is 1. The SMILES string of the molecule is CC(C)[C@H](NC(=O)OCC1c2ccccc2-c2ccccc21)C(=O)N[C@@H](CC(N)=O)C(=O)N[C@@H](CCC(=O)NC(c1ccccc1)(c1ccccc1)c1ccccc1)C(=O)N[C@@H](CCC(=O)O)C(=O)N[C@@H](Cc1ccccc1)C(=O)O. The van der Waals surface area contributed by atoms with Crippen molar-refractivity contribution in [3.05, 3.63) is 203 Å². The Kier molecular flexibility index (Phi) is 20.2. The van der Waals surface area contributed by atoms with Crippen LogP contribution in [0.2, 0.25) is 0 Å². The number of carboxylic acids is 2. The molecule has 10 N–H and O–H groups in total. The van der Waals surface area contributed by atoms with Gasteiger partial charge in [-0.1, -0.05) is 184 Å². The van der Waals surface area contributed by atoms with Gasteiger partial charge in [0.1, 0.15) is 42.4 Å². The molecule has 1 aliphatic carbocycles. The van der Waals surface area contributed by atoms with E-state index in [4.69, 9.17) is 10.5 Å². The van der Waals surface area contributed by atoms with E-state index in [0.29, 0.717) is 22.3 Å². The second-order valence-corrected chi connectivity index (χ2v) is 20.0. The zero-order chi connectivity index (χ0) is 58.1. The molecule has 0 aromatic heterocycles. The van der Waals surface area contributed by atoms with Crippen LogP contribution < -0.4 is 37.6 Å². The highest BCUT2D eigenvalue weighted by molar-refractivity contribution is 5.98. The number of hydrogen-bond donors (Lipinski definition) is 9. The Morgan fingerprint density at radius 3 is 1.40 bits per heavy atom. The fraction of sp³-hybridized carbons (Fsp3) is 0.274. The van der Waals surface area contributed by atoms with Gasteiger partial charge >= 0.3 is 18.0 Å². The Morgan fingerprint density at radius 2 is 0.938 bits per heavy atom. The number of benzene rings is 6. The maximum Gasteiger partial charge on any atom is 0.407 e. The van der Waals surface area contributed by atoms with E-state index in [9.17, 15) is 53.4 Å². The number of aliphatic carboxylic acids is 2. The summed E-state index contributed by atoms with van der Waals surface area (Å²) in [5, 5.41) is 35.4. The van der Waals surface area contributed by atoms with Crippen LogP contribution in [0.25, 0.3) is 11.1 Å². The topological polar surface area (TPSA) is 302 Å². The first-order chi connectivity index (χ1) is 38.9. The lowest BCUT2D eigenvalue weighted by Gasteiger charge is -2.37. The summed E-state index contributed by atoms with van der Waals surface area (Å²) in [7, 11) is 0. The summed E-state index contributed by atoms with van der Waals surface area (Å²) >= 11 is 0. The minimum absolute atomic E-state index is 0.0706. The number of nitrogens with two attached hydrogens (primary N) is 1. The maximum atomic E-state index is 14.6. The summed E-state index contributed by atoms with van der Waals surface area (Å²) in [4.78, 5) is 122. The number of amides is 7. The lowest BCUT2D eigenvalue weighted by molar-refractivity contribution is -0.143. The van der Waals surface area contributed by atoms with E-state index in [1.54, 1.807) is 44.2 Å². The summed E-state index contributed by atoms with van der Waals surface area (Å²) in [6, 6.07) is 43.2. The van der Waals surface area contributed by atoms with Crippen molar-refractivity contribution in [3.63, 3.8) is 0 Å². The number of nitrogens with one attached hydrogen (secondary N) is 6. The highest BCUT2D eigenvalue weighted by Gasteiger charge is 2.40.